The summed E-state index contributed by atoms with van der Waals surface area (Å²) in [7, 11) is 0. The molecule has 0 radical (unpaired) electrons. The van der Waals surface area contributed by atoms with Crippen molar-refractivity contribution in [3.63, 3.8) is 0 Å². The Kier molecular flexibility index (Phi) is 9.97. The highest BCUT2D eigenvalue weighted by Gasteiger charge is 2.21. The minimum Gasteiger partial charge on any atom is -0.493 e. The zero-order valence-corrected chi connectivity index (χ0v) is 21.7. The first-order valence-electron chi connectivity index (χ1n) is 13.1. The van der Waals surface area contributed by atoms with Gasteiger partial charge in [-0.3, -0.25) is 4.79 Å². The Labute approximate surface area is 204 Å². The van der Waals surface area contributed by atoms with Crippen molar-refractivity contribution in [1.29, 1.82) is 0 Å². The molecule has 0 bridgehead atoms. The van der Waals surface area contributed by atoms with Crippen LogP contribution in [0.3, 0.4) is 0 Å². The molecule has 2 atom stereocenters. The van der Waals surface area contributed by atoms with Crippen molar-refractivity contribution < 1.29 is 9.15 Å². The molecule has 5 nitrogen and oxygen atoms in total. The molecule has 0 aliphatic carbocycles. The van der Waals surface area contributed by atoms with Crippen molar-refractivity contribution in [2.24, 2.45) is 0 Å². The van der Waals surface area contributed by atoms with Gasteiger partial charge >= 0.3 is 0 Å². The van der Waals surface area contributed by atoms with Crippen LogP contribution in [0.25, 0.3) is 21.9 Å². The number of rotatable bonds is 14. The van der Waals surface area contributed by atoms with Crippen LogP contribution in [0.15, 0.2) is 51.7 Å². The summed E-state index contributed by atoms with van der Waals surface area (Å²) >= 11 is 0. The van der Waals surface area contributed by atoms with Crippen LogP contribution in [-0.4, -0.2) is 54.7 Å². The van der Waals surface area contributed by atoms with Gasteiger partial charge in [-0.1, -0.05) is 52.8 Å². The summed E-state index contributed by atoms with van der Waals surface area (Å²) in [5.41, 5.74) is 1.15. The quantitative estimate of drug-likeness (QED) is 0.260. The fraction of sp³-hybridized carbons (Fsp3) is 0.552. The van der Waals surface area contributed by atoms with Gasteiger partial charge in [-0.25, -0.2) is 0 Å². The fourth-order valence-electron chi connectivity index (χ4n) is 5.26. The number of benzene rings is 2. The van der Waals surface area contributed by atoms with E-state index in [2.05, 4.69) is 44.4 Å². The van der Waals surface area contributed by atoms with Crippen molar-refractivity contribution in [3.05, 3.63) is 52.7 Å². The third-order valence-electron chi connectivity index (χ3n) is 7.24. The Hall–Kier alpha value is -2.37. The molecule has 0 fully saturated rings. The van der Waals surface area contributed by atoms with Crippen molar-refractivity contribution in [1.82, 2.24) is 9.80 Å². The van der Waals surface area contributed by atoms with Crippen LogP contribution in [0, 0.1) is 0 Å². The van der Waals surface area contributed by atoms with Gasteiger partial charge < -0.3 is 19.0 Å². The number of ether oxygens (including phenoxy) is 1. The number of para-hydroxylation sites is 1. The smallest absolute Gasteiger partial charge is 0.204 e. The predicted octanol–water partition coefficient (Wildman–Crippen LogP) is 6.33. The maximum atomic E-state index is 13.2. The molecule has 0 amide bonds. The first kappa shape index (κ1) is 26.2. The minimum atomic E-state index is -0.0299. The second-order valence-corrected chi connectivity index (χ2v) is 8.93. The van der Waals surface area contributed by atoms with Gasteiger partial charge in [0.2, 0.25) is 5.43 Å². The molecule has 1 aromatic heterocycles. The Morgan fingerprint density at radius 3 is 2.06 bits per heavy atom. The molecule has 5 heteroatoms. The molecule has 0 aliphatic heterocycles. The zero-order chi connectivity index (χ0) is 24.5. The van der Waals surface area contributed by atoms with E-state index in [4.69, 9.17) is 9.15 Å². The lowest BCUT2D eigenvalue weighted by molar-refractivity contribution is 0.141. The Morgan fingerprint density at radius 1 is 0.765 bits per heavy atom. The number of hydrogen-bond donors (Lipinski definition) is 0. The number of hydrogen-bond acceptors (Lipinski definition) is 5. The number of nitrogens with zero attached hydrogens (tertiary/aromatic N) is 2. The van der Waals surface area contributed by atoms with Crippen LogP contribution >= 0.6 is 0 Å². The van der Waals surface area contributed by atoms with Crippen molar-refractivity contribution in [3.8, 4) is 5.75 Å². The van der Waals surface area contributed by atoms with Crippen LogP contribution < -0.4 is 10.2 Å². The van der Waals surface area contributed by atoms with Gasteiger partial charge in [-0.15, -0.1) is 0 Å². The number of fused-ring (bicyclic) bond motifs is 2. The van der Waals surface area contributed by atoms with Crippen molar-refractivity contribution in [2.45, 2.75) is 72.4 Å². The molecule has 34 heavy (non-hydrogen) atoms. The highest BCUT2D eigenvalue weighted by Crippen LogP contribution is 2.27. The van der Waals surface area contributed by atoms with Gasteiger partial charge in [-0.2, -0.15) is 0 Å². The van der Waals surface area contributed by atoms with E-state index in [0.29, 0.717) is 46.4 Å². The highest BCUT2D eigenvalue weighted by molar-refractivity contribution is 5.93. The average molecular weight is 467 g/mol. The zero-order valence-electron chi connectivity index (χ0n) is 21.7. The monoisotopic (exact) mass is 466 g/mol. The standard InChI is InChI=1S/C29H42N2O3/c1-6-22(30(7-2)8-3)18-19-23(31(9-4)10-5)20-21-33-26-16-13-17-27-28(26)29(32)24-14-11-12-15-25(24)34-27/h11-17,22-23H,6-10,18-21H2,1-5H3. The molecule has 0 N–H and O–H groups in total. The summed E-state index contributed by atoms with van der Waals surface area (Å²) in [5, 5.41) is 1.13. The second-order valence-electron chi connectivity index (χ2n) is 8.93. The summed E-state index contributed by atoms with van der Waals surface area (Å²) in [6.07, 6.45) is 4.47. The summed E-state index contributed by atoms with van der Waals surface area (Å²) in [6, 6.07) is 14.1. The Balaban J connectivity index is 1.74. The fourth-order valence-corrected chi connectivity index (χ4v) is 5.26. The van der Waals surface area contributed by atoms with Gasteiger partial charge in [0.25, 0.3) is 0 Å². The van der Waals surface area contributed by atoms with Crippen LogP contribution in [0.1, 0.15) is 60.3 Å². The van der Waals surface area contributed by atoms with Gasteiger partial charge in [0.15, 0.2) is 0 Å². The lowest BCUT2D eigenvalue weighted by Crippen LogP contribution is -2.39. The molecule has 3 rings (SSSR count). The molecule has 0 spiro atoms. The summed E-state index contributed by atoms with van der Waals surface area (Å²) in [6.45, 7) is 16.1. The largest absolute Gasteiger partial charge is 0.493 e. The topological polar surface area (TPSA) is 45.9 Å². The van der Waals surface area contributed by atoms with Crippen LogP contribution in [-0.2, 0) is 0 Å². The Bertz CT molecular complexity index is 1090. The average Bonchev–Trinajstić information content (AvgIpc) is 2.86. The van der Waals surface area contributed by atoms with Crippen LogP contribution in [0.4, 0.5) is 0 Å². The van der Waals surface area contributed by atoms with E-state index in [1.807, 2.05) is 42.5 Å². The molecule has 2 aromatic carbocycles. The third kappa shape index (κ3) is 6.00. The SMILES string of the molecule is CCC(CCC(CCOc1cccc2oc3ccccc3c(=O)c12)N(CC)CC)N(CC)CC. The van der Waals surface area contributed by atoms with Gasteiger partial charge in [0.1, 0.15) is 22.3 Å². The van der Waals surface area contributed by atoms with E-state index >= 15 is 0 Å². The molecule has 3 aromatic rings. The van der Waals surface area contributed by atoms with Gasteiger partial charge in [-0.05, 0) is 76.1 Å². The summed E-state index contributed by atoms with van der Waals surface area (Å²) in [5.74, 6) is 0.616. The van der Waals surface area contributed by atoms with Gasteiger partial charge in [0, 0.05) is 12.1 Å². The van der Waals surface area contributed by atoms with E-state index in [1.165, 1.54) is 12.8 Å². The van der Waals surface area contributed by atoms with E-state index in [-0.39, 0.29) is 5.43 Å². The Morgan fingerprint density at radius 2 is 1.38 bits per heavy atom. The summed E-state index contributed by atoms with van der Waals surface area (Å²) in [4.78, 5) is 18.3. The van der Waals surface area contributed by atoms with E-state index < -0.39 is 0 Å². The molecular formula is C29H42N2O3. The first-order valence-corrected chi connectivity index (χ1v) is 13.1. The molecule has 0 saturated heterocycles. The van der Waals surface area contributed by atoms with E-state index in [0.717, 1.165) is 39.0 Å². The minimum absolute atomic E-state index is 0.0299. The first-order chi connectivity index (χ1) is 16.6. The predicted molar refractivity (Wildman–Crippen MR) is 143 cm³/mol. The molecule has 0 saturated carbocycles. The maximum absolute atomic E-state index is 13.2. The highest BCUT2D eigenvalue weighted by atomic mass is 16.5. The normalized spacial score (nSPS) is 13.7. The van der Waals surface area contributed by atoms with Crippen molar-refractivity contribution in [2.75, 3.05) is 32.8 Å². The molecule has 0 aliphatic rings. The molecule has 1 heterocycles. The maximum Gasteiger partial charge on any atom is 0.204 e. The van der Waals surface area contributed by atoms with Crippen LogP contribution in [0.5, 0.6) is 5.75 Å². The summed E-state index contributed by atoms with van der Waals surface area (Å²) < 4.78 is 12.2. The molecule has 2 unspecified atom stereocenters. The third-order valence-corrected chi connectivity index (χ3v) is 7.24. The lowest BCUT2D eigenvalue weighted by Gasteiger charge is -2.34. The molecular weight excluding hydrogens is 424 g/mol. The molecule has 186 valence electrons. The van der Waals surface area contributed by atoms with Gasteiger partial charge in [0.05, 0.1) is 12.0 Å². The van der Waals surface area contributed by atoms with Crippen molar-refractivity contribution >= 4 is 21.9 Å². The van der Waals surface area contributed by atoms with E-state index in [9.17, 15) is 4.79 Å². The lowest BCUT2D eigenvalue weighted by atomic mass is 9.99. The van der Waals surface area contributed by atoms with Crippen LogP contribution in [0.2, 0.25) is 0 Å². The van der Waals surface area contributed by atoms with E-state index in [1.54, 1.807) is 0 Å². The second kappa shape index (κ2) is 12.9.